The maximum atomic E-state index is 11.4. The topological polar surface area (TPSA) is 88.0 Å². The zero-order chi connectivity index (χ0) is 12.5. The van der Waals surface area contributed by atoms with Gasteiger partial charge in [-0.15, -0.1) is 0 Å². The van der Waals surface area contributed by atoms with Crippen molar-refractivity contribution >= 4 is 5.97 Å². The Kier molecular flexibility index (Phi) is 5.08. The van der Waals surface area contributed by atoms with Crippen molar-refractivity contribution in [3.05, 3.63) is 40.0 Å². The quantitative estimate of drug-likeness (QED) is 0.198. The van der Waals surface area contributed by atoms with Crippen molar-refractivity contribution in [2.45, 2.75) is 6.42 Å². The number of carbonyl (C=O) groups is 1. The van der Waals surface area contributed by atoms with Crippen molar-refractivity contribution in [3.8, 4) is 11.8 Å². The van der Waals surface area contributed by atoms with Crippen molar-refractivity contribution < 1.29 is 9.53 Å². The fraction of sp³-hybridized carbons (Fsp3) is 0.273. The minimum atomic E-state index is -0.523. The Hall–Kier alpha value is -2.51. The second kappa shape index (κ2) is 6.88. The average Bonchev–Trinajstić information content (AvgIpc) is 2.38. The summed E-state index contributed by atoms with van der Waals surface area (Å²) in [6.45, 7) is 0.303. The summed E-state index contributed by atoms with van der Waals surface area (Å²) >= 11 is 0. The Labute approximate surface area is 98.2 Å². The molecule has 86 valence electrons. The number of pyridine rings is 1. The Morgan fingerprint density at radius 1 is 1.71 bits per heavy atom. The molecule has 0 unspecified atom stereocenters. The molecule has 0 aliphatic carbocycles. The summed E-state index contributed by atoms with van der Waals surface area (Å²) in [7, 11) is 1.29. The van der Waals surface area contributed by atoms with Gasteiger partial charge in [0.15, 0.2) is 5.69 Å². The van der Waals surface area contributed by atoms with E-state index in [-0.39, 0.29) is 5.69 Å². The maximum Gasteiger partial charge on any atom is 0.357 e. The van der Waals surface area contributed by atoms with Crippen LogP contribution in [0, 0.1) is 11.8 Å². The molecule has 1 rings (SSSR count). The molecule has 0 saturated carbocycles. The number of hydrogen-bond acceptors (Lipinski definition) is 4. The van der Waals surface area contributed by atoms with E-state index in [1.165, 1.54) is 13.3 Å². The third-order valence-corrected chi connectivity index (χ3v) is 1.81. The van der Waals surface area contributed by atoms with Crippen LogP contribution in [0.3, 0.4) is 0 Å². The van der Waals surface area contributed by atoms with Gasteiger partial charge < -0.3 is 4.74 Å². The lowest BCUT2D eigenvalue weighted by molar-refractivity contribution is 0.0593. The highest BCUT2D eigenvalue weighted by molar-refractivity contribution is 5.89. The number of nitrogens with zero attached hydrogens (tertiary/aromatic N) is 4. The molecule has 17 heavy (non-hydrogen) atoms. The summed E-state index contributed by atoms with van der Waals surface area (Å²) in [4.78, 5) is 17.9. The van der Waals surface area contributed by atoms with Crippen molar-refractivity contribution in [2.75, 3.05) is 13.7 Å². The van der Waals surface area contributed by atoms with E-state index in [9.17, 15) is 4.79 Å². The van der Waals surface area contributed by atoms with E-state index >= 15 is 0 Å². The van der Waals surface area contributed by atoms with E-state index < -0.39 is 5.97 Å². The summed E-state index contributed by atoms with van der Waals surface area (Å²) in [5, 5.41) is 3.35. The molecule has 0 fully saturated rings. The molecule has 0 aliphatic rings. The van der Waals surface area contributed by atoms with Gasteiger partial charge in [0.2, 0.25) is 0 Å². The molecule has 1 heterocycles. The van der Waals surface area contributed by atoms with E-state index in [1.807, 2.05) is 0 Å². The van der Waals surface area contributed by atoms with Gasteiger partial charge in [0.1, 0.15) is 0 Å². The van der Waals surface area contributed by atoms with Crippen molar-refractivity contribution in [3.63, 3.8) is 0 Å². The van der Waals surface area contributed by atoms with Crippen LogP contribution in [0.4, 0.5) is 0 Å². The summed E-state index contributed by atoms with van der Waals surface area (Å²) in [5.41, 5.74) is 8.76. The average molecular weight is 230 g/mol. The van der Waals surface area contributed by atoms with E-state index in [4.69, 9.17) is 5.53 Å². The van der Waals surface area contributed by atoms with Crippen LogP contribution in [0.15, 0.2) is 23.4 Å². The lowest BCUT2D eigenvalue weighted by Gasteiger charge is -1.99. The molecular formula is C11H10N4O2. The molecule has 0 N–H and O–H groups in total. The van der Waals surface area contributed by atoms with Crippen LogP contribution in [-0.2, 0) is 4.74 Å². The molecule has 0 atom stereocenters. The number of aromatic nitrogens is 1. The number of methoxy groups -OCH3 is 1. The highest BCUT2D eigenvalue weighted by Gasteiger charge is 2.10. The third kappa shape index (κ3) is 3.86. The molecule has 6 heteroatoms. The molecule has 6 nitrogen and oxygen atoms in total. The molecule has 0 radical (unpaired) electrons. The predicted octanol–water partition coefficient (Wildman–Crippen LogP) is 1.92. The van der Waals surface area contributed by atoms with Gasteiger partial charge in [-0.3, -0.25) is 0 Å². The van der Waals surface area contributed by atoms with Gasteiger partial charge in [-0.25, -0.2) is 9.78 Å². The third-order valence-electron chi connectivity index (χ3n) is 1.81. The molecular weight excluding hydrogens is 220 g/mol. The SMILES string of the molecule is COC(=O)c1ncccc1C#CCCN=[N+]=[N-]. The molecule has 1 aromatic rings. The second-order valence-corrected chi connectivity index (χ2v) is 2.90. The number of hydrogen-bond donors (Lipinski definition) is 0. The number of rotatable bonds is 3. The van der Waals surface area contributed by atoms with Gasteiger partial charge >= 0.3 is 5.97 Å². The van der Waals surface area contributed by atoms with Crippen LogP contribution in [0.2, 0.25) is 0 Å². The highest BCUT2D eigenvalue weighted by Crippen LogP contribution is 2.04. The van der Waals surface area contributed by atoms with Gasteiger partial charge in [-0.2, -0.15) is 0 Å². The Morgan fingerprint density at radius 3 is 3.24 bits per heavy atom. The monoisotopic (exact) mass is 230 g/mol. The first-order chi connectivity index (χ1) is 8.29. The Balaban J connectivity index is 2.83. The summed E-state index contributed by atoms with van der Waals surface area (Å²) in [5.74, 6) is 5.06. The lowest BCUT2D eigenvalue weighted by Crippen LogP contribution is -2.06. The minimum Gasteiger partial charge on any atom is -0.464 e. The number of ether oxygens (including phenoxy) is 1. The number of esters is 1. The standard InChI is InChI=1S/C11H10N4O2/c1-17-11(16)10-9(6-4-7-13-10)5-2-3-8-14-15-12/h4,6-7H,3,8H2,1H3. The van der Waals surface area contributed by atoms with Crippen LogP contribution in [0.1, 0.15) is 22.5 Å². The van der Waals surface area contributed by atoms with Crippen molar-refractivity contribution in [2.24, 2.45) is 5.11 Å². The smallest absolute Gasteiger partial charge is 0.357 e. The molecule has 0 aromatic carbocycles. The van der Waals surface area contributed by atoms with Gasteiger partial charge in [0, 0.05) is 24.1 Å². The van der Waals surface area contributed by atoms with Crippen molar-refractivity contribution in [1.82, 2.24) is 4.98 Å². The van der Waals surface area contributed by atoms with Gasteiger partial charge in [-0.05, 0) is 17.7 Å². The number of carbonyl (C=O) groups excluding carboxylic acids is 1. The van der Waals surface area contributed by atoms with E-state index in [0.717, 1.165) is 0 Å². The largest absolute Gasteiger partial charge is 0.464 e. The summed E-state index contributed by atoms with van der Waals surface area (Å²) < 4.78 is 4.59. The normalized spacial score (nSPS) is 8.53. The summed E-state index contributed by atoms with van der Waals surface area (Å²) in [6.07, 6.45) is 1.93. The van der Waals surface area contributed by atoms with Crippen LogP contribution in [0.25, 0.3) is 10.4 Å². The van der Waals surface area contributed by atoms with E-state index in [2.05, 4.69) is 31.6 Å². The van der Waals surface area contributed by atoms with Crippen molar-refractivity contribution in [1.29, 1.82) is 0 Å². The van der Waals surface area contributed by atoms with Crippen LogP contribution in [0.5, 0.6) is 0 Å². The fourth-order valence-corrected chi connectivity index (χ4v) is 1.07. The summed E-state index contributed by atoms with van der Waals surface area (Å²) in [6, 6.07) is 3.36. The first kappa shape index (κ1) is 12.6. The zero-order valence-electron chi connectivity index (χ0n) is 9.25. The first-order valence-electron chi connectivity index (χ1n) is 4.82. The lowest BCUT2D eigenvalue weighted by atomic mass is 10.2. The fourth-order valence-electron chi connectivity index (χ4n) is 1.07. The maximum absolute atomic E-state index is 11.4. The molecule has 0 amide bonds. The van der Waals surface area contributed by atoms with E-state index in [1.54, 1.807) is 12.1 Å². The predicted molar refractivity (Wildman–Crippen MR) is 61.1 cm³/mol. The Morgan fingerprint density at radius 2 is 2.53 bits per heavy atom. The Bertz CT molecular complexity index is 510. The minimum absolute atomic E-state index is 0.186. The zero-order valence-corrected chi connectivity index (χ0v) is 9.25. The van der Waals surface area contributed by atoms with Crippen LogP contribution < -0.4 is 0 Å². The molecule has 0 aliphatic heterocycles. The molecule has 0 spiro atoms. The van der Waals surface area contributed by atoms with Gasteiger partial charge in [0.05, 0.1) is 12.7 Å². The van der Waals surface area contributed by atoms with E-state index in [0.29, 0.717) is 18.5 Å². The van der Waals surface area contributed by atoms with Crippen LogP contribution >= 0.6 is 0 Å². The molecule has 0 bridgehead atoms. The number of azide groups is 1. The first-order valence-corrected chi connectivity index (χ1v) is 4.82. The second-order valence-electron chi connectivity index (χ2n) is 2.90. The highest BCUT2D eigenvalue weighted by atomic mass is 16.5. The van der Waals surface area contributed by atoms with Crippen LogP contribution in [-0.4, -0.2) is 24.6 Å². The van der Waals surface area contributed by atoms with Gasteiger partial charge in [0.25, 0.3) is 0 Å². The van der Waals surface area contributed by atoms with Gasteiger partial charge in [-0.1, -0.05) is 17.0 Å². The molecule has 0 saturated heterocycles. The molecule has 1 aromatic heterocycles.